The van der Waals surface area contributed by atoms with Crippen LogP contribution in [-0.4, -0.2) is 43.0 Å². The molecule has 0 aromatic rings. The maximum atomic E-state index is 11.6. The SMILES string of the molecule is CNC(=O)C1CCCCN1C(C)CN. The molecule has 1 amide bonds. The molecule has 4 heteroatoms. The van der Waals surface area contributed by atoms with Gasteiger partial charge in [-0.1, -0.05) is 6.42 Å². The molecule has 0 saturated carbocycles. The smallest absolute Gasteiger partial charge is 0.237 e. The summed E-state index contributed by atoms with van der Waals surface area (Å²) in [6.45, 7) is 3.70. The van der Waals surface area contributed by atoms with Crippen LogP contribution >= 0.6 is 0 Å². The van der Waals surface area contributed by atoms with Crippen LogP contribution in [0.2, 0.25) is 0 Å². The van der Waals surface area contributed by atoms with Gasteiger partial charge in [0.1, 0.15) is 0 Å². The number of hydrogen-bond acceptors (Lipinski definition) is 3. The van der Waals surface area contributed by atoms with Gasteiger partial charge in [0, 0.05) is 19.6 Å². The Labute approximate surface area is 85.8 Å². The summed E-state index contributed by atoms with van der Waals surface area (Å²) in [5.74, 6) is 0.130. The Morgan fingerprint density at radius 1 is 1.64 bits per heavy atom. The normalized spacial score (nSPS) is 25.8. The second kappa shape index (κ2) is 5.32. The van der Waals surface area contributed by atoms with Crippen LogP contribution in [0.5, 0.6) is 0 Å². The van der Waals surface area contributed by atoms with E-state index in [0.29, 0.717) is 12.6 Å². The van der Waals surface area contributed by atoms with Crippen LogP contribution in [0.1, 0.15) is 26.2 Å². The van der Waals surface area contributed by atoms with Crippen molar-refractivity contribution >= 4 is 5.91 Å². The first-order valence-electron chi connectivity index (χ1n) is 5.38. The zero-order valence-electron chi connectivity index (χ0n) is 9.12. The van der Waals surface area contributed by atoms with E-state index in [9.17, 15) is 4.79 Å². The molecule has 1 saturated heterocycles. The van der Waals surface area contributed by atoms with E-state index in [1.54, 1.807) is 7.05 Å². The van der Waals surface area contributed by atoms with Crippen molar-refractivity contribution in [1.29, 1.82) is 0 Å². The highest BCUT2D eigenvalue weighted by atomic mass is 16.2. The van der Waals surface area contributed by atoms with Crippen LogP contribution in [0.3, 0.4) is 0 Å². The molecule has 0 aromatic heterocycles. The Hall–Kier alpha value is -0.610. The number of hydrogen-bond donors (Lipinski definition) is 2. The van der Waals surface area contributed by atoms with Crippen LogP contribution in [0.15, 0.2) is 0 Å². The third-order valence-corrected chi connectivity index (χ3v) is 3.00. The van der Waals surface area contributed by atoms with Crippen molar-refractivity contribution in [2.75, 3.05) is 20.1 Å². The molecule has 14 heavy (non-hydrogen) atoms. The molecule has 0 spiro atoms. The van der Waals surface area contributed by atoms with Gasteiger partial charge in [-0.2, -0.15) is 0 Å². The van der Waals surface area contributed by atoms with E-state index in [1.165, 1.54) is 6.42 Å². The molecule has 2 atom stereocenters. The number of nitrogens with two attached hydrogens (primary N) is 1. The lowest BCUT2D eigenvalue weighted by Crippen LogP contribution is -2.53. The van der Waals surface area contributed by atoms with Gasteiger partial charge in [-0.3, -0.25) is 9.69 Å². The summed E-state index contributed by atoms with van der Waals surface area (Å²) in [4.78, 5) is 13.8. The highest BCUT2D eigenvalue weighted by Crippen LogP contribution is 2.19. The molecule has 2 unspecified atom stereocenters. The second-order valence-electron chi connectivity index (χ2n) is 3.95. The van der Waals surface area contributed by atoms with Gasteiger partial charge in [0.15, 0.2) is 0 Å². The maximum absolute atomic E-state index is 11.6. The topological polar surface area (TPSA) is 58.4 Å². The molecule has 1 heterocycles. The van der Waals surface area contributed by atoms with E-state index < -0.39 is 0 Å². The Morgan fingerprint density at radius 2 is 2.36 bits per heavy atom. The van der Waals surface area contributed by atoms with Crippen LogP contribution < -0.4 is 11.1 Å². The van der Waals surface area contributed by atoms with Crippen molar-refractivity contribution in [2.24, 2.45) is 5.73 Å². The number of nitrogens with one attached hydrogen (secondary N) is 1. The molecule has 3 N–H and O–H groups in total. The molecule has 82 valence electrons. The Bertz CT molecular complexity index is 196. The third-order valence-electron chi connectivity index (χ3n) is 3.00. The number of carbonyl (C=O) groups is 1. The van der Waals surface area contributed by atoms with Crippen molar-refractivity contribution < 1.29 is 4.79 Å². The lowest BCUT2D eigenvalue weighted by atomic mass is 9.99. The van der Waals surface area contributed by atoms with Crippen LogP contribution in [0.25, 0.3) is 0 Å². The summed E-state index contributed by atoms with van der Waals surface area (Å²) in [6, 6.07) is 0.338. The van der Waals surface area contributed by atoms with E-state index >= 15 is 0 Å². The van der Waals surface area contributed by atoms with Crippen LogP contribution in [0, 0.1) is 0 Å². The summed E-state index contributed by atoms with van der Waals surface area (Å²) in [5, 5.41) is 2.72. The fourth-order valence-electron chi connectivity index (χ4n) is 2.07. The quantitative estimate of drug-likeness (QED) is 0.669. The lowest BCUT2D eigenvalue weighted by molar-refractivity contribution is -0.128. The van der Waals surface area contributed by atoms with Gasteiger partial charge in [-0.25, -0.2) is 0 Å². The number of rotatable bonds is 3. The first-order valence-corrected chi connectivity index (χ1v) is 5.38. The Balaban J connectivity index is 2.63. The molecule has 1 fully saturated rings. The summed E-state index contributed by atoms with van der Waals surface area (Å²) in [5.41, 5.74) is 5.63. The standard InChI is InChI=1S/C10H21N3O/c1-8(7-11)13-6-4-3-5-9(13)10(14)12-2/h8-9H,3-7,11H2,1-2H3,(H,12,14). The fraction of sp³-hybridized carbons (Fsp3) is 0.900. The Kier molecular flexibility index (Phi) is 4.35. The molecule has 1 rings (SSSR count). The van der Waals surface area contributed by atoms with Gasteiger partial charge in [-0.15, -0.1) is 0 Å². The van der Waals surface area contributed by atoms with Gasteiger partial charge in [-0.05, 0) is 26.3 Å². The third kappa shape index (κ3) is 2.45. The second-order valence-corrected chi connectivity index (χ2v) is 3.95. The van der Waals surface area contributed by atoms with Gasteiger partial charge in [0.2, 0.25) is 5.91 Å². The monoisotopic (exact) mass is 199 g/mol. The summed E-state index contributed by atoms with van der Waals surface area (Å²) in [6.07, 6.45) is 3.29. The molecule has 4 nitrogen and oxygen atoms in total. The van der Waals surface area contributed by atoms with E-state index in [4.69, 9.17) is 5.73 Å². The Morgan fingerprint density at radius 3 is 2.93 bits per heavy atom. The highest BCUT2D eigenvalue weighted by Gasteiger charge is 2.30. The van der Waals surface area contributed by atoms with Crippen molar-refractivity contribution in [1.82, 2.24) is 10.2 Å². The number of likely N-dealkylation sites (tertiary alicyclic amines) is 1. The van der Waals surface area contributed by atoms with Crippen LogP contribution in [0.4, 0.5) is 0 Å². The van der Waals surface area contributed by atoms with E-state index in [2.05, 4.69) is 17.1 Å². The first kappa shape index (κ1) is 11.5. The van der Waals surface area contributed by atoms with Crippen LogP contribution in [-0.2, 0) is 4.79 Å². The molecular formula is C10H21N3O. The van der Waals surface area contributed by atoms with Gasteiger partial charge in [0.25, 0.3) is 0 Å². The first-order chi connectivity index (χ1) is 6.70. The van der Waals surface area contributed by atoms with Gasteiger partial charge >= 0.3 is 0 Å². The number of piperidine rings is 1. The minimum atomic E-state index is 0.0345. The predicted octanol–water partition coefficient (Wildman–Crippen LogP) is -0.0659. The highest BCUT2D eigenvalue weighted by molar-refractivity contribution is 5.81. The number of nitrogens with zero attached hydrogens (tertiary/aromatic N) is 1. The summed E-state index contributed by atoms with van der Waals surface area (Å²) < 4.78 is 0. The lowest BCUT2D eigenvalue weighted by Gasteiger charge is -2.38. The van der Waals surface area contributed by atoms with Crippen molar-refractivity contribution in [2.45, 2.75) is 38.3 Å². The minimum absolute atomic E-state index is 0.0345. The number of carbonyl (C=O) groups excluding carboxylic acids is 1. The van der Waals surface area contributed by atoms with Crippen molar-refractivity contribution in [3.05, 3.63) is 0 Å². The molecule has 1 aliphatic rings. The average molecular weight is 199 g/mol. The molecule has 0 aromatic carbocycles. The van der Waals surface area contributed by atoms with Gasteiger partial charge < -0.3 is 11.1 Å². The van der Waals surface area contributed by atoms with E-state index in [1.807, 2.05) is 0 Å². The van der Waals surface area contributed by atoms with E-state index in [0.717, 1.165) is 19.4 Å². The molecule has 0 aliphatic carbocycles. The molecule has 1 aliphatic heterocycles. The van der Waals surface area contributed by atoms with Crippen molar-refractivity contribution in [3.63, 3.8) is 0 Å². The largest absolute Gasteiger partial charge is 0.358 e. The number of likely N-dealkylation sites (N-methyl/N-ethyl adjacent to an activating group) is 1. The zero-order chi connectivity index (χ0) is 10.6. The van der Waals surface area contributed by atoms with Crippen molar-refractivity contribution in [3.8, 4) is 0 Å². The minimum Gasteiger partial charge on any atom is -0.358 e. The summed E-state index contributed by atoms with van der Waals surface area (Å²) >= 11 is 0. The predicted molar refractivity (Wildman–Crippen MR) is 56.9 cm³/mol. The zero-order valence-corrected chi connectivity index (χ0v) is 9.12. The molecule has 0 radical (unpaired) electrons. The molecule has 0 bridgehead atoms. The maximum Gasteiger partial charge on any atom is 0.237 e. The fourth-order valence-corrected chi connectivity index (χ4v) is 2.07. The van der Waals surface area contributed by atoms with Gasteiger partial charge in [0.05, 0.1) is 6.04 Å². The number of amides is 1. The van der Waals surface area contributed by atoms with E-state index in [-0.39, 0.29) is 11.9 Å². The summed E-state index contributed by atoms with van der Waals surface area (Å²) in [7, 11) is 1.70. The average Bonchev–Trinajstić information content (AvgIpc) is 2.27. The molecular weight excluding hydrogens is 178 g/mol.